The number of hydrogen-bond acceptors (Lipinski definition) is 5. The van der Waals surface area contributed by atoms with Gasteiger partial charge in [0.05, 0.1) is 6.61 Å². The van der Waals surface area contributed by atoms with E-state index in [9.17, 15) is 4.79 Å². The largest absolute Gasteiger partial charge is 0.394 e. The van der Waals surface area contributed by atoms with E-state index in [1.807, 2.05) is 0 Å². The third-order valence-corrected chi connectivity index (χ3v) is 1.07. The van der Waals surface area contributed by atoms with E-state index in [4.69, 9.17) is 20.4 Å². The molecule has 0 aliphatic heterocycles. The molecule has 0 bridgehead atoms. The monoisotopic (exact) mass is 152 g/mol. The molecule has 0 aliphatic carbocycles. The van der Waals surface area contributed by atoms with Crippen LogP contribution in [0.2, 0.25) is 0 Å². The maximum absolute atomic E-state index is 9.76. The van der Waals surface area contributed by atoms with Crippen LogP contribution in [-0.4, -0.2) is 51.6 Å². The normalized spacial score (nSPS) is 19.6. The van der Waals surface area contributed by atoms with E-state index in [1.165, 1.54) is 0 Å². The van der Waals surface area contributed by atoms with Gasteiger partial charge in [-0.15, -0.1) is 0 Å². The minimum atomic E-state index is -1.64. The zero-order chi connectivity index (χ0) is 8.15. The third-order valence-electron chi connectivity index (χ3n) is 1.07. The fourth-order valence-corrected chi connectivity index (χ4v) is 0.416. The number of carbonyl (C=O) groups excluding carboxylic acids is 1. The van der Waals surface area contributed by atoms with E-state index in [2.05, 4.69) is 0 Å². The number of aldehydes is 1. The van der Waals surface area contributed by atoms with Crippen LogP contribution in [-0.2, 0) is 4.79 Å². The summed E-state index contributed by atoms with van der Waals surface area (Å²) in [6.07, 6.45) is -4.63. The lowest BCUT2D eigenvalue weighted by Gasteiger charge is -2.16. The summed E-state index contributed by atoms with van der Waals surface area (Å²) in [5.41, 5.74) is 0. The first kappa shape index (κ1) is 9.51. The smallest absolute Gasteiger partial charge is 0.151 e. The van der Waals surface area contributed by atoms with Crippen LogP contribution in [0.25, 0.3) is 0 Å². The van der Waals surface area contributed by atoms with Crippen LogP contribution in [0.4, 0.5) is 0 Å². The maximum atomic E-state index is 9.76. The van der Waals surface area contributed by atoms with Crippen molar-refractivity contribution < 1.29 is 25.2 Å². The van der Waals surface area contributed by atoms with Crippen molar-refractivity contribution in [2.24, 2.45) is 0 Å². The SMILES string of the molecule is OC[C@@H](O)[C@H](O)[C@@H](O)C=[18O]. The second-order valence-corrected chi connectivity index (χ2v) is 1.87. The molecule has 3 atom stereocenters. The average Bonchev–Trinajstić information content (AvgIpc) is 2.00. The molecule has 0 amide bonds. The number of hydrogen-bond donors (Lipinski definition) is 4. The molecule has 0 rings (SSSR count). The minimum absolute atomic E-state index is 0.0869. The highest BCUT2D eigenvalue weighted by Gasteiger charge is 2.22. The summed E-state index contributed by atoms with van der Waals surface area (Å²) >= 11 is 0. The van der Waals surface area contributed by atoms with Crippen LogP contribution in [0.3, 0.4) is 0 Å². The zero-order valence-corrected chi connectivity index (χ0v) is 5.21. The number of aliphatic hydroxyl groups is 4. The van der Waals surface area contributed by atoms with Crippen LogP contribution in [0.5, 0.6) is 0 Å². The van der Waals surface area contributed by atoms with Crippen molar-refractivity contribution in [3.63, 3.8) is 0 Å². The summed E-state index contributed by atoms with van der Waals surface area (Å²) in [5.74, 6) is 0. The molecule has 0 aromatic heterocycles. The van der Waals surface area contributed by atoms with E-state index < -0.39 is 24.9 Å². The van der Waals surface area contributed by atoms with Crippen LogP contribution in [0.1, 0.15) is 0 Å². The van der Waals surface area contributed by atoms with Gasteiger partial charge in [-0.2, -0.15) is 0 Å². The Morgan fingerprint density at radius 1 is 1.30 bits per heavy atom. The predicted octanol–water partition coefficient (Wildman–Crippen LogP) is -2.74. The zero-order valence-electron chi connectivity index (χ0n) is 5.21. The van der Waals surface area contributed by atoms with Crippen molar-refractivity contribution in [1.29, 1.82) is 0 Å². The standard InChI is InChI=1S/C5H10O5/c6-1-3(8)5(10)4(9)2-7/h1,3-5,7-10H,2H2/t3-,4+,5+/m0/s1/i6+2. The summed E-state index contributed by atoms with van der Waals surface area (Å²) in [4.78, 5) is 9.76. The molecule has 4 N–H and O–H groups in total. The minimum Gasteiger partial charge on any atom is -0.394 e. The van der Waals surface area contributed by atoms with Gasteiger partial charge in [0.2, 0.25) is 0 Å². The van der Waals surface area contributed by atoms with Crippen LogP contribution in [0.15, 0.2) is 0 Å². The molecule has 60 valence electrons. The van der Waals surface area contributed by atoms with E-state index in [1.54, 1.807) is 0 Å². The molecule has 5 nitrogen and oxygen atoms in total. The fraction of sp³-hybridized carbons (Fsp3) is 0.800. The Bertz CT molecular complexity index is 104. The van der Waals surface area contributed by atoms with Gasteiger partial charge in [-0.3, -0.25) is 0 Å². The van der Waals surface area contributed by atoms with Gasteiger partial charge in [0.25, 0.3) is 0 Å². The predicted molar refractivity (Wildman–Crippen MR) is 31.2 cm³/mol. The summed E-state index contributed by atoms with van der Waals surface area (Å²) in [6.45, 7) is -0.688. The summed E-state index contributed by atoms with van der Waals surface area (Å²) in [6, 6.07) is 0. The van der Waals surface area contributed by atoms with Gasteiger partial charge in [-0.1, -0.05) is 0 Å². The van der Waals surface area contributed by atoms with Crippen LogP contribution < -0.4 is 0 Å². The number of carbonyl (C=O) groups is 1. The molecular weight excluding hydrogens is 142 g/mol. The first-order valence-electron chi connectivity index (χ1n) is 2.73. The Hall–Kier alpha value is -0.490. The number of aliphatic hydroxyl groups excluding tert-OH is 4. The van der Waals surface area contributed by atoms with E-state index in [0.29, 0.717) is 0 Å². The molecule has 10 heavy (non-hydrogen) atoms. The lowest BCUT2D eigenvalue weighted by atomic mass is 10.1. The Balaban J connectivity index is 3.80. The van der Waals surface area contributed by atoms with Crippen molar-refractivity contribution >= 4 is 6.29 Å². The third kappa shape index (κ3) is 2.40. The van der Waals surface area contributed by atoms with Crippen molar-refractivity contribution in [1.82, 2.24) is 0 Å². The quantitative estimate of drug-likeness (QED) is 0.259. The van der Waals surface area contributed by atoms with Gasteiger partial charge in [0.1, 0.15) is 18.3 Å². The first-order valence-corrected chi connectivity index (χ1v) is 2.73. The molecule has 0 spiro atoms. The fourth-order valence-electron chi connectivity index (χ4n) is 0.416. The number of rotatable bonds is 4. The second kappa shape index (κ2) is 4.35. The molecule has 0 aromatic rings. The van der Waals surface area contributed by atoms with Crippen molar-refractivity contribution in [3.05, 3.63) is 0 Å². The average molecular weight is 152 g/mol. The molecule has 5 heteroatoms. The summed E-state index contributed by atoms with van der Waals surface area (Å²) in [5, 5.41) is 34.1. The highest BCUT2D eigenvalue weighted by Crippen LogP contribution is 1.96. The Morgan fingerprint density at radius 2 is 1.80 bits per heavy atom. The van der Waals surface area contributed by atoms with Crippen molar-refractivity contribution in [2.45, 2.75) is 18.3 Å². The molecule has 0 unspecified atom stereocenters. The van der Waals surface area contributed by atoms with Crippen LogP contribution >= 0.6 is 0 Å². The van der Waals surface area contributed by atoms with Gasteiger partial charge in [-0.25, -0.2) is 0 Å². The van der Waals surface area contributed by atoms with Crippen molar-refractivity contribution in [3.8, 4) is 0 Å². The second-order valence-electron chi connectivity index (χ2n) is 1.87. The van der Waals surface area contributed by atoms with Crippen LogP contribution in [0, 0.1) is 0 Å². The summed E-state index contributed by atoms with van der Waals surface area (Å²) < 4.78 is 0. The molecule has 0 radical (unpaired) electrons. The Labute approximate surface area is 57.5 Å². The molecular formula is C5H10O5. The lowest BCUT2D eigenvalue weighted by Crippen LogP contribution is -2.40. The van der Waals surface area contributed by atoms with Crippen molar-refractivity contribution in [2.75, 3.05) is 6.61 Å². The van der Waals surface area contributed by atoms with Gasteiger partial charge in [0, 0.05) is 0 Å². The molecule has 0 saturated carbocycles. The van der Waals surface area contributed by atoms with Gasteiger partial charge in [0.15, 0.2) is 6.29 Å². The molecule has 0 heterocycles. The highest BCUT2D eigenvalue weighted by molar-refractivity contribution is 5.56. The van der Waals surface area contributed by atoms with E-state index in [0.717, 1.165) is 0 Å². The molecule has 0 fully saturated rings. The summed E-state index contributed by atoms with van der Waals surface area (Å²) in [7, 11) is 0. The van der Waals surface area contributed by atoms with Gasteiger partial charge in [-0.05, 0) is 0 Å². The Kier molecular flexibility index (Phi) is 4.13. The molecule has 0 aromatic carbocycles. The highest BCUT2D eigenvalue weighted by atomic mass is 18.1. The topological polar surface area (TPSA) is 98.0 Å². The first-order chi connectivity index (χ1) is 4.63. The molecule has 0 aliphatic rings. The Morgan fingerprint density at radius 3 is 2.10 bits per heavy atom. The molecule has 0 saturated heterocycles. The lowest BCUT2D eigenvalue weighted by molar-refractivity contribution is -0.127. The maximum Gasteiger partial charge on any atom is 0.151 e. The van der Waals surface area contributed by atoms with Gasteiger partial charge >= 0.3 is 0 Å². The van der Waals surface area contributed by atoms with Gasteiger partial charge < -0.3 is 25.2 Å². The van der Waals surface area contributed by atoms with E-state index in [-0.39, 0.29) is 6.29 Å². The van der Waals surface area contributed by atoms with E-state index >= 15 is 0 Å².